The average molecular weight is 523 g/mol. The van der Waals surface area contributed by atoms with Crippen molar-refractivity contribution in [3.8, 4) is 17.3 Å². The molecule has 4 aromatic heterocycles. The molecule has 0 bridgehead atoms. The molecule has 0 atom stereocenters. The molecule has 3 N–H and O–H groups in total. The van der Waals surface area contributed by atoms with Crippen LogP contribution in [0.5, 0.6) is 5.88 Å². The number of carbonyl (C=O) groups excluding carboxylic acids is 1. The highest BCUT2D eigenvalue weighted by atomic mass is 19.4. The number of carbonyl (C=O) groups is 1. The van der Waals surface area contributed by atoms with Crippen LogP contribution < -0.4 is 15.8 Å². The first-order valence-corrected chi connectivity index (χ1v) is 10.4. The van der Waals surface area contributed by atoms with Gasteiger partial charge >= 0.3 is 12.4 Å². The van der Waals surface area contributed by atoms with Crippen molar-refractivity contribution < 1.29 is 35.9 Å². The van der Waals surface area contributed by atoms with Crippen LogP contribution in [-0.4, -0.2) is 37.4 Å². The number of hydrogen-bond donors (Lipinski definition) is 2. The van der Waals surface area contributed by atoms with Gasteiger partial charge in [-0.3, -0.25) is 9.78 Å². The van der Waals surface area contributed by atoms with Gasteiger partial charge in [0.05, 0.1) is 29.6 Å². The van der Waals surface area contributed by atoms with E-state index in [1.807, 2.05) is 0 Å². The minimum Gasteiger partial charge on any atom is -0.477 e. The molecule has 0 unspecified atom stereocenters. The highest BCUT2D eigenvalue weighted by Crippen LogP contribution is 2.38. The lowest BCUT2D eigenvalue weighted by molar-refractivity contribution is -0.139. The largest absolute Gasteiger partial charge is 0.477 e. The summed E-state index contributed by atoms with van der Waals surface area (Å²) in [5.74, 6) is -1.73. The lowest BCUT2D eigenvalue weighted by Gasteiger charge is -2.15. The third-order valence-corrected chi connectivity index (χ3v) is 4.88. The van der Waals surface area contributed by atoms with E-state index in [-0.39, 0.29) is 35.0 Å². The Morgan fingerprint density at radius 3 is 2.35 bits per heavy atom. The van der Waals surface area contributed by atoms with Crippen LogP contribution in [0, 0.1) is 0 Å². The number of nitrogens with one attached hydrogen (secondary N) is 1. The molecule has 0 aliphatic rings. The SMILES string of the molecule is CCOc1nc(Nc2ccnc3nc(-c4ncc(C(N)=O)cc4C(F)(F)F)cnc23)ccc1C(F)(F)F. The Morgan fingerprint density at radius 2 is 1.70 bits per heavy atom. The number of aromatic nitrogens is 5. The Bertz CT molecular complexity index is 1490. The van der Waals surface area contributed by atoms with Gasteiger partial charge in [-0.25, -0.2) is 15.0 Å². The van der Waals surface area contributed by atoms with Crippen molar-refractivity contribution in [2.75, 3.05) is 11.9 Å². The zero-order chi connectivity index (χ0) is 27.0. The molecule has 37 heavy (non-hydrogen) atoms. The topological polar surface area (TPSA) is 129 Å². The molecule has 0 aromatic carbocycles. The van der Waals surface area contributed by atoms with E-state index < -0.39 is 46.5 Å². The van der Waals surface area contributed by atoms with Crippen LogP contribution in [0.15, 0.2) is 42.9 Å². The number of amides is 1. The number of pyridine rings is 3. The standard InChI is InChI=1S/C22H15F6N7O2/c1-2-37-20-11(21(23,24)25)3-4-15(35-20)33-13-5-6-30-19-17(13)32-9-14(34-19)16-12(22(26,27)28)7-10(8-31-16)18(29)36/h3-9H,2H2,1H3,(H2,29,36)(H,30,33,34,35). The van der Waals surface area contributed by atoms with Crippen LogP contribution in [0.3, 0.4) is 0 Å². The van der Waals surface area contributed by atoms with E-state index in [4.69, 9.17) is 10.5 Å². The van der Waals surface area contributed by atoms with Gasteiger partial charge in [-0.05, 0) is 31.2 Å². The number of anilines is 2. The van der Waals surface area contributed by atoms with E-state index in [1.54, 1.807) is 0 Å². The molecular weight excluding hydrogens is 508 g/mol. The molecule has 15 heteroatoms. The molecule has 4 heterocycles. The lowest BCUT2D eigenvalue weighted by Crippen LogP contribution is -2.16. The van der Waals surface area contributed by atoms with Crippen molar-refractivity contribution in [2.45, 2.75) is 19.3 Å². The Balaban J connectivity index is 1.74. The summed E-state index contributed by atoms with van der Waals surface area (Å²) in [6.07, 6.45) is -6.39. The molecule has 4 aromatic rings. The van der Waals surface area contributed by atoms with Crippen LogP contribution in [0.25, 0.3) is 22.6 Å². The van der Waals surface area contributed by atoms with E-state index in [9.17, 15) is 31.1 Å². The second-order valence-electron chi connectivity index (χ2n) is 7.37. The summed E-state index contributed by atoms with van der Waals surface area (Å²) in [6, 6.07) is 3.87. The molecule has 0 saturated heterocycles. The minimum absolute atomic E-state index is 0.0158. The monoisotopic (exact) mass is 523 g/mol. The van der Waals surface area contributed by atoms with Gasteiger partial charge < -0.3 is 15.8 Å². The summed E-state index contributed by atoms with van der Waals surface area (Å²) >= 11 is 0. The number of hydrogen-bond acceptors (Lipinski definition) is 8. The first kappa shape index (κ1) is 25.5. The van der Waals surface area contributed by atoms with Crippen molar-refractivity contribution in [3.05, 3.63) is 59.5 Å². The highest BCUT2D eigenvalue weighted by Gasteiger charge is 2.37. The predicted octanol–water partition coefficient (Wildman–Crippen LogP) is 4.76. The van der Waals surface area contributed by atoms with E-state index in [0.29, 0.717) is 6.07 Å². The third-order valence-electron chi connectivity index (χ3n) is 4.88. The zero-order valence-electron chi connectivity index (χ0n) is 18.6. The van der Waals surface area contributed by atoms with Crippen molar-refractivity contribution in [2.24, 2.45) is 5.73 Å². The number of primary amides is 1. The minimum atomic E-state index is -4.88. The number of ether oxygens (including phenoxy) is 1. The summed E-state index contributed by atoms with van der Waals surface area (Å²) in [4.78, 5) is 31.1. The molecule has 9 nitrogen and oxygen atoms in total. The average Bonchev–Trinajstić information content (AvgIpc) is 2.82. The molecule has 1 amide bonds. The van der Waals surface area contributed by atoms with Crippen molar-refractivity contribution in [3.63, 3.8) is 0 Å². The summed E-state index contributed by atoms with van der Waals surface area (Å²) in [5.41, 5.74) is 1.65. The molecule has 192 valence electrons. The normalized spacial score (nSPS) is 12.0. The van der Waals surface area contributed by atoms with Crippen molar-refractivity contribution in [1.29, 1.82) is 0 Å². The molecular formula is C22H15F6N7O2. The van der Waals surface area contributed by atoms with Gasteiger partial charge in [0.25, 0.3) is 0 Å². The van der Waals surface area contributed by atoms with E-state index in [1.165, 1.54) is 19.2 Å². The summed E-state index contributed by atoms with van der Waals surface area (Å²) in [7, 11) is 0. The zero-order valence-corrected chi connectivity index (χ0v) is 18.6. The molecule has 0 aliphatic carbocycles. The van der Waals surface area contributed by atoms with Crippen molar-refractivity contribution in [1.82, 2.24) is 24.9 Å². The van der Waals surface area contributed by atoms with Gasteiger partial charge in [0, 0.05) is 12.4 Å². The fourth-order valence-corrected chi connectivity index (χ4v) is 3.27. The van der Waals surface area contributed by atoms with Crippen LogP contribution in [-0.2, 0) is 12.4 Å². The Labute approximate surface area is 203 Å². The smallest absolute Gasteiger partial charge is 0.421 e. The van der Waals surface area contributed by atoms with Crippen LogP contribution in [0.4, 0.5) is 37.8 Å². The Hall–Kier alpha value is -4.56. The maximum atomic E-state index is 13.6. The van der Waals surface area contributed by atoms with Crippen LogP contribution >= 0.6 is 0 Å². The van der Waals surface area contributed by atoms with E-state index in [2.05, 4.69) is 30.2 Å². The van der Waals surface area contributed by atoms with E-state index >= 15 is 0 Å². The van der Waals surface area contributed by atoms with Crippen LogP contribution in [0.1, 0.15) is 28.4 Å². The fraction of sp³-hybridized carbons (Fsp3) is 0.182. The molecule has 0 aliphatic heterocycles. The maximum absolute atomic E-state index is 13.6. The number of fused-ring (bicyclic) bond motifs is 1. The van der Waals surface area contributed by atoms with Crippen LogP contribution in [0.2, 0.25) is 0 Å². The second-order valence-corrected chi connectivity index (χ2v) is 7.37. The van der Waals surface area contributed by atoms with Crippen molar-refractivity contribution >= 4 is 28.6 Å². The van der Waals surface area contributed by atoms with Gasteiger partial charge in [0.2, 0.25) is 11.8 Å². The molecule has 0 spiro atoms. The molecule has 0 saturated carbocycles. The van der Waals surface area contributed by atoms with Gasteiger partial charge in [0.1, 0.15) is 28.3 Å². The maximum Gasteiger partial charge on any atom is 0.421 e. The summed E-state index contributed by atoms with van der Waals surface area (Å²) in [5, 5.41) is 2.79. The predicted molar refractivity (Wildman–Crippen MR) is 118 cm³/mol. The Kier molecular flexibility index (Phi) is 6.54. The van der Waals surface area contributed by atoms with E-state index in [0.717, 1.165) is 24.5 Å². The highest BCUT2D eigenvalue weighted by molar-refractivity contribution is 5.93. The van der Waals surface area contributed by atoms with Gasteiger partial charge in [-0.1, -0.05) is 0 Å². The van der Waals surface area contributed by atoms with Gasteiger partial charge in [-0.2, -0.15) is 31.3 Å². The summed E-state index contributed by atoms with van der Waals surface area (Å²) in [6.45, 7) is 1.45. The molecule has 0 radical (unpaired) electrons. The number of halogens is 6. The fourth-order valence-electron chi connectivity index (χ4n) is 3.27. The number of nitrogens with two attached hydrogens (primary N) is 1. The lowest BCUT2D eigenvalue weighted by atomic mass is 10.1. The van der Waals surface area contributed by atoms with Gasteiger partial charge in [0.15, 0.2) is 5.65 Å². The first-order chi connectivity index (χ1) is 17.4. The third kappa shape index (κ3) is 5.34. The number of nitrogens with zero attached hydrogens (tertiary/aromatic N) is 5. The second kappa shape index (κ2) is 9.48. The first-order valence-electron chi connectivity index (χ1n) is 10.4. The molecule has 0 fully saturated rings. The Morgan fingerprint density at radius 1 is 0.973 bits per heavy atom. The number of alkyl halides is 6. The number of rotatable bonds is 6. The quantitative estimate of drug-likeness (QED) is 0.346. The summed E-state index contributed by atoms with van der Waals surface area (Å²) < 4.78 is 85.6. The molecule has 4 rings (SSSR count). The van der Waals surface area contributed by atoms with Gasteiger partial charge in [-0.15, -0.1) is 0 Å².